The molecule has 0 bridgehead atoms. The normalized spacial score (nSPS) is 12.5. The molecular weight excluding hydrogens is 769 g/mol. The van der Waals surface area contributed by atoms with E-state index in [0.29, 0.717) is 19.3 Å². The van der Waals surface area contributed by atoms with E-state index in [1.54, 1.807) is 0 Å². The molecule has 0 aliphatic rings. The van der Waals surface area contributed by atoms with Gasteiger partial charge in [-0.05, 0) is 64.2 Å². The maximum absolute atomic E-state index is 12.8. The Morgan fingerprint density at radius 2 is 0.645 bits per heavy atom. The molecule has 0 heterocycles. The van der Waals surface area contributed by atoms with Crippen LogP contribution in [0, 0.1) is 0 Å². The van der Waals surface area contributed by atoms with Crippen LogP contribution in [0.2, 0.25) is 0 Å². The molecule has 358 valence electrons. The van der Waals surface area contributed by atoms with Crippen molar-refractivity contribution in [3.63, 3.8) is 0 Å². The predicted molar refractivity (Wildman–Crippen MR) is 265 cm³/mol. The van der Waals surface area contributed by atoms with E-state index in [0.717, 1.165) is 83.5 Å². The first kappa shape index (κ1) is 59.1. The number of hydrogen-bond donors (Lipinski definition) is 0. The van der Waals surface area contributed by atoms with Gasteiger partial charge in [0.15, 0.2) is 6.10 Å². The molecule has 0 radical (unpaired) electrons. The van der Waals surface area contributed by atoms with Gasteiger partial charge in [0.25, 0.3) is 0 Å². The number of ether oxygens (including phenoxy) is 3. The second-order valence-electron chi connectivity index (χ2n) is 17.5. The Hall–Kier alpha value is -2.89. The number of unbranched alkanes of at least 4 members (excludes halogenated alkanes) is 29. The topological polar surface area (TPSA) is 78.9 Å². The van der Waals surface area contributed by atoms with Gasteiger partial charge in [0.05, 0.1) is 0 Å². The average molecular weight is 867 g/mol. The lowest BCUT2D eigenvalue weighted by Gasteiger charge is -2.18. The summed E-state index contributed by atoms with van der Waals surface area (Å²) >= 11 is 0. The minimum Gasteiger partial charge on any atom is -0.462 e. The van der Waals surface area contributed by atoms with Crippen molar-refractivity contribution >= 4 is 17.9 Å². The summed E-state index contributed by atoms with van der Waals surface area (Å²) in [5, 5.41) is 0. The van der Waals surface area contributed by atoms with Gasteiger partial charge in [-0.3, -0.25) is 14.4 Å². The van der Waals surface area contributed by atoms with E-state index in [1.807, 2.05) is 30.4 Å². The lowest BCUT2D eigenvalue weighted by molar-refractivity contribution is -0.167. The van der Waals surface area contributed by atoms with Gasteiger partial charge in [-0.15, -0.1) is 0 Å². The monoisotopic (exact) mass is 867 g/mol. The molecule has 0 saturated carbocycles. The van der Waals surface area contributed by atoms with Crippen LogP contribution in [0.5, 0.6) is 0 Å². The molecule has 0 aliphatic carbocycles. The molecule has 6 nitrogen and oxygen atoms in total. The molecule has 6 heteroatoms. The molecule has 0 aliphatic heterocycles. The minimum absolute atomic E-state index is 0.0909. The van der Waals surface area contributed by atoms with Gasteiger partial charge >= 0.3 is 17.9 Å². The summed E-state index contributed by atoms with van der Waals surface area (Å²) in [5.74, 6) is -0.941. The minimum atomic E-state index is -0.795. The van der Waals surface area contributed by atoms with E-state index in [4.69, 9.17) is 14.2 Å². The molecule has 0 N–H and O–H groups in total. The Labute approximate surface area is 383 Å². The predicted octanol–water partition coefficient (Wildman–Crippen LogP) is 17.3. The number of carbonyl (C=O) groups excluding carboxylic acids is 3. The summed E-state index contributed by atoms with van der Waals surface area (Å²) < 4.78 is 16.8. The van der Waals surface area contributed by atoms with Crippen LogP contribution < -0.4 is 0 Å². The standard InChI is InChI=1S/C56H98O6/c1-4-7-10-13-16-19-22-25-27-28-29-32-34-37-40-43-46-49-55(58)61-52-53(51-60-54(57)48-45-42-39-36-33-30-24-21-18-15-12-9-6-3)62-56(59)50-47-44-41-38-35-31-26-23-20-17-14-11-8-5-2/h9,12,15,18,21,24,30-31,33,35,53H,4-8,10-11,13-14,16-17,19-20,22-23,25-29,32,34,36-52H2,1-3H3/b12-9+,18-15+,24-21+,33-30+,35-31+. The summed E-state index contributed by atoms with van der Waals surface area (Å²) in [4.78, 5) is 38.0. The smallest absolute Gasteiger partial charge is 0.306 e. The quantitative estimate of drug-likeness (QED) is 0.0199. The first-order chi connectivity index (χ1) is 30.5. The Kier molecular flexibility index (Phi) is 48.4. The third-order valence-electron chi connectivity index (χ3n) is 11.4. The van der Waals surface area contributed by atoms with Crippen molar-refractivity contribution < 1.29 is 28.6 Å². The van der Waals surface area contributed by atoms with E-state index in [2.05, 4.69) is 51.2 Å². The van der Waals surface area contributed by atoms with Crippen molar-refractivity contribution in [3.05, 3.63) is 60.8 Å². The SMILES string of the molecule is CC/C=C/C=C/C=C/C=C/CCCCCC(=O)OCC(COC(=O)CCCCCCCCCCCCCCCCCCC)OC(=O)CCCCC/C=C/CCCCCCCCC. The van der Waals surface area contributed by atoms with Gasteiger partial charge in [0.2, 0.25) is 0 Å². The van der Waals surface area contributed by atoms with Crippen LogP contribution in [0.3, 0.4) is 0 Å². The van der Waals surface area contributed by atoms with E-state index in [-0.39, 0.29) is 31.1 Å². The fourth-order valence-corrected chi connectivity index (χ4v) is 7.39. The lowest BCUT2D eigenvalue weighted by atomic mass is 10.0. The maximum Gasteiger partial charge on any atom is 0.306 e. The molecule has 0 aromatic heterocycles. The highest BCUT2D eigenvalue weighted by molar-refractivity contribution is 5.71. The molecule has 0 spiro atoms. The molecule has 1 unspecified atom stereocenters. The zero-order chi connectivity index (χ0) is 45.1. The molecule has 0 aromatic carbocycles. The van der Waals surface area contributed by atoms with Crippen molar-refractivity contribution in [2.75, 3.05) is 13.2 Å². The molecule has 0 saturated heterocycles. The highest BCUT2D eigenvalue weighted by atomic mass is 16.6. The van der Waals surface area contributed by atoms with Crippen molar-refractivity contribution in [2.45, 2.75) is 264 Å². The van der Waals surface area contributed by atoms with Crippen LogP contribution in [-0.2, 0) is 28.6 Å². The first-order valence-corrected chi connectivity index (χ1v) is 26.3. The molecule has 0 amide bonds. The second kappa shape index (κ2) is 50.8. The largest absolute Gasteiger partial charge is 0.462 e. The van der Waals surface area contributed by atoms with Crippen molar-refractivity contribution in [1.82, 2.24) is 0 Å². The fraction of sp³-hybridized carbons (Fsp3) is 0.768. The fourth-order valence-electron chi connectivity index (χ4n) is 7.39. The molecule has 0 fully saturated rings. The molecular formula is C56H98O6. The van der Waals surface area contributed by atoms with Crippen LogP contribution >= 0.6 is 0 Å². The van der Waals surface area contributed by atoms with Gasteiger partial charge in [0.1, 0.15) is 13.2 Å². The number of esters is 3. The van der Waals surface area contributed by atoms with Gasteiger partial charge in [-0.25, -0.2) is 0 Å². The highest BCUT2D eigenvalue weighted by Gasteiger charge is 2.19. The number of carbonyl (C=O) groups is 3. The second-order valence-corrected chi connectivity index (χ2v) is 17.5. The van der Waals surface area contributed by atoms with Crippen molar-refractivity contribution in [2.24, 2.45) is 0 Å². The van der Waals surface area contributed by atoms with E-state index < -0.39 is 6.10 Å². The highest BCUT2D eigenvalue weighted by Crippen LogP contribution is 2.16. The molecule has 0 rings (SSSR count). The van der Waals surface area contributed by atoms with Gasteiger partial charge in [0, 0.05) is 19.3 Å². The molecule has 1 atom stereocenters. The summed E-state index contributed by atoms with van der Waals surface area (Å²) in [6, 6.07) is 0. The van der Waals surface area contributed by atoms with Gasteiger partial charge in [-0.2, -0.15) is 0 Å². The number of rotatable bonds is 47. The zero-order valence-electron chi connectivity index (χ0n) is 40.9. The summed E-state index contributed by atoms with van der Waals surface area (Å²) in [5.41, 5.74) is 0. The van der Waals surface area contributed by atoms with Crippen LogP contribution in [-0.4, -0.2) is 37.2 Å². The van der Waals surface area contributed by atoms with Crippen LogP contribution in [0.25, 0.3) is 0 Å². The Morgan fingerprint density at radius 1 is 0.339 bits per heavy atom. The Bertz CT molecular complexity index is 1130. The number of allylic oxidation sites excluding steroid dienone is 10. The third kappa shape index (κ3) is 48.1. The Morgan fingerprint density at radius 3 is 1.05 bits per heavy atom. The molecule has 0 aromatic rings. The zero-order valence-corrected chi connectivity index (χ0v) is 40.9. The summed E-state index contributed by atoms with van der Waals surface area (Å²) in [6.45, 7) is 6.46. The lowest BCUT2D eigenvalue weighted by Crippen LogP contribution is -2.30. The van der Waals surface area contributed by atoms with Crippen molar-refractivity contribution in [3.8, 4) is 0 Å². The first-order valence-electron chi connectivity index (χ1n) is 26.3. The molecule has 62 heavy (non-hydrogen) atoms. The van der Waals surface area contributed by atoms with Crippen molar-refractivity contribution in [1.29, 1.82) is 0 Å². The third-order valence-corrected chi connectivity index (χ3v) is 11.4. The van der Waals surface area contributed by atoms with E-state index in [1.165, 1.54) is 135 Å². The Balaban J connectivity index is 4.41. The van der Waals surface area contributed by atoms with Crippen LogP contribution in [0.4, 0.5) is 0 Å². The number of hydrogen-bond acceptors (Lipinski definition) is 6. The maximum atomic E-state index is 12.8. The summed E-state index contributed by atoms with van der Waals surface area (Å²) in [7, 11) is 0. The van der Waals surface area contributed by atoms with Crippen LogP contribution in [0.1, 0.15) is 258 Å². The van der Waals surface area contributed by atoms with Gasteiger partial charge < -0.3 is 14.2 Å². The summed E-state index contributed by atoms with van der Waals surface area (Å²) in [6.07, 6.45) is 62.1. The van der Waals surface area contributed by atoms with E-state index in [9.17, 15) is 14.4 Å². The van der Waals surface area contributed by atoms with Gasteiger partial charge in [-0.1, -0.05) is 236 Å². The van der Waals surface area contributed by atoms with Crippen LogP contribution in [0.15, 0.2) is 60.8 Å². The average Bonchev–Trinajstić information content (AvgIpc) is 3.27. The van der Waals surface area contributed by atoms with E-state index >= 15 is 0 Å².